The molecule has 2 rings (SSSR count). The number of piperazine rings is 1. The first kappa shape index (κ1) is 15.0. The highest BCUT2D eigenvalue weighted by Gasteiger charge is 2.35. The summed E-state index contributed by atoms with van der Waals surface area (Å²) in [6.45, 7) is 15.1. The van der Waals surface area contributed by atoms with Gasteiger partial charge in [-0.25, -0.2) is 0 Å². The Labute approximate surface area is 122 Å². The van der Waals surface area contributed by atoms with Crippen LogP contribution in [0.2, 0.25) is 0 Å². The largest absolute Gasteiger partial charge is 0.309 e. The van der Waals surface area contributed by atoms with E-state index in [4.69, 9.17) is 0 Å². The average Bonchev–Trinajstić information content (AvgIpc) is 2.88. The van der Waals surface area contributed by atoms with Crippen LogP contribution in [0, 0.1) is 0 Å². The van der Waals surface area contributed by atoms with E-state index >= 15 is 0 Å². The van der Waals surface area contributed by atoms with Crippen LogP contribution in [0.5, 0.6) is 0 Å². The molecule has 2 nitrogen and oxygen atoms in total. The van der Waals surface area contributed by atoms with E-state index in [0.29, 0.717) is 6.04 Å². The normalized spacial score (nSPS) is 29.6. The molecule has 2 atom stereocenters. The molecule has 1 aromatic rings. The highest BCUT2D eigenvalue weighted by molar-refractivity contribution is 7.10. The minimum Gasteiger partial charge on any atom is -0.309 e. The lowest BCUT2D eigenvalue weighted by molar-refractivity contribution is 0.0760. The fourth-order valence-electron chi connectivity index (χ4n) is 2.88. The average molecular weight is 280 g/mol. The van der Waals surface area contributed by atoms with Gasteiger partial charge in [-0.05, 0) is 31.7 Å². The van der Waals surface area contributed by atoms with Gasteiger partial charge in [-0.2, -0.15) is 0 Å². The lowest BCUT2D eigenvalue weighted by Crippen LogP contribution is -2.63. The monoisotopic (exact) mass is 280 g/mol. The van der Waals surface area contributed by atoms with E-state index in [1.807, 2.05) is 11.3 Å². The van der Waals surface area contributed by atoms with Gasteiger partial charge in [-0.15, -0.1) is 11.3 Å². The second-order valence-electron chi connectivity index (χ2n) is 6.91. The van der Waals surface area contributed by atoms with Crippen molar-refractivity contribution in [1.29, 1.82) is 0 Å². The van der Waals surface area contributed by atoms with Crippen molar-refractivity contribution >= 4 is 11.3 Å². The molecule has 0 bridgehead atoms. The summed E-state index contributed by atoms with van der Waals surface area (Å²) in [5.74, 6) is 0. The van der Waals surface area contributed by atoms with E-state index in [2.05, 4.69) is 62.3 Å². The molecule has 1 saturated heterocycles. The Bertz CT molecular complexity index is 399. The van der Waals surface area contributed by atoms with Gasteiger partial charge in [0.25, 0.3) is 0 Å². The first-order valence-corrected chi connectivity index (χ1v) is 8.27. The van der Waals surface area contributed by atoms with Crippen molar-refractivity contribution in [3.63, 3.8) is 0 Å². The molecule has 1 N–H and O–H groups in total. The van der Waals surface area contributed by atoms with Gasteiger partial charge in [0.2, 0.25) is 0 Å². The molecular formula is C16H28N2S. The first-order chi connectivity index (χ1) is 8.86. The van der Waals surface area contributed by atoms with Gasteiger partial charge in [0, 0.05) is 41.5 Å². The Kier molecular flexibility index (Phi) is 4.38. The third kappa shape index (κ3) is 3.39. The third-order valence-corrected chi connectivity index (χ3v) is 5.80. The van der Waals surface area contributed by atoms with Gasteiger partial charge in [0.1, 0.15) is 0 Å². The molecule has 1 fully saturated rings. The highest BCUT2D eigenvalue weighted by atomic mass is 32.1. The fourth-order valence-corrected chi connectivity index (χ4v) is 3.73. The second kappa shape index (κ2) is 5.55. The molecule has 3 heteroatoms. The SMILES string of the molecule is CCC1(C)CN(CC(C)(C)c2cccs2)C(C)CN1. The van der Waals surface area contributed by atoms with Gasteiger partial charge in [0.15, 0.2) is 0 Å². The van der Waals surface area contributed by atoms with E-state index < -0.39 is 0 Å². The molecule has 1 aliphatic heterocycles. The zero-order valence-corrected chi connectivity index (χ0v) is 13.8. The summed E-state index contributed by atoms with van der Waals surface area (Å²) in [7, 11) is 0. The quantitative estimate of drug-likeness (QED) is 0.908. The maximum absolute atomic E-state index is 3.71. The van der Waals surface area contributed by atoms with Crippen molar-refractivity contribution in [1.82, 2.24) is 10.2 Å². The van der Waals surface area contributed by atoms with E-state index in [1.54, 1.807) is 0 Å². The molecule has 2 unspecified atom stereocenters. The highest BCUT2D eigenvalue weighted by Crippen LogP contribution is 2.30. The molecule has 0 spiro atoms. The molecule has 108 valence electrons. The summed E-state index contributed by atoms with van der Waals surface area (Å²) in [6.07, 6.45) is 1.19. The Balaban J connectivity index is 2.08. The van der Waals surface area contributed by atoms with E-state index in [1.165, 1.54) is 11.3 Å². The minimum absolute atomic E-state index is 0.244. The zero-order valence-electron chi connectivity index (χ0n) is 13.0. The van der Waals surface area contributed by atoms with E-state index in [9.17, 15) is 0 Å². The van der Waals surface area contributed by atoms with Gasteiger partial charge in [-0.3, -0.25) is 4.90 Å². The van der Waals surface area contributed by atoms with Crippen LogP contribution >= 0.6 is 11.3 Å². The Morgan fingerprint density at radius 3 is 2.84 bits per heavy atom. The summed E-state index contributed by atoms with van der Waals surface area (Å²) in [6, 6.07) is 5.06. The van der Waals surface area contributed by atoms with Gasteiger partial charge < -0.3 is 5.32 Å². The number of thiophene rings is 1. The molecular weight excluding hydrogens is 252 g/mol. The Morgan fingerprint density at radius 2 is 2.26 bits per heavy atom. The van der Waals surface area contributed by atoms with Crippen LogP contribution in [0.3, 0.4) is 0 Å². The summed E-state index contributed by atoms with van der Waals surface area (Å²) >= 11 is 1.88. The van der Waals surface area contributed by atoms with Crippen molar-refractivity contribution in [2.75, 3.05) is 19.6 Å². The van der Waals surface area contributed by atoms with Crippen molar-refractivity contribution in [2.24, 2.45) is 0 Å². The van der Waals surface area contributed by atoms with E-state index in [-0.39, 0.29) is 11.0 Å². The van der Waals surface area contributed by atoms with Crippen LogP contribution in [0.1, 0.15) is 45.9 Å². The molecule has 2 heterocycles. The van der Waals surface area contributed by atoms with Gasteiger partial charge in [-0.1, -0.05) is 26.8 Å². The van der Waals surface area contributed by atoms with Crippen LogP contribution < -0.4 is 5.32 Å². The van der Waals surface area contributed by atoms with Crippen LogP contribution in [0.25, 0.3) is 0 Å². The van der Waals surface area contributed by atoms with Crippen molar-refractivity contribution in [2.45, 2.75) is 58.0 Å². The van der Waals surface area contributed by atoms with Crippen molar-refractivity contribution < 1.29 is 0 Å². The number of nitrogens with zero attached hydrogens (tertiary/aromatic N) is 1. The summed E-state index contributed by atoms with van der Waals surface area (Å²) in [4.78, 5) is 4.16. The molecule has 0 radical (unpaired) electrons. The molecule has 1 aliphatic rings. The standard InChI is InChI=1S/C16H28N2S/c1-6-16(5)12-18(13(2)10-17-16)11-15(3,4)14-8-7-9-19-14/h7-9,13,17H,6,10-12H2,1-5H3. The van der Waals surface area contributed by atoms with Crippen LogP contribution in [0.4, 0.5) is 0 Å². The molecule has 0 aromatic carbocycles. The predicted molar refractivity (Wildman–Crippen MR) is 85.1 cm³/mol. The third-order valence-electron chi connectivity index (χ3n) is 4.57. The maximum Gasteiger partial charge on any atom is 0.0278 e. The van der Waals surface area contributed by atoms with Crippen LogP contribution in [-0.4, -0.2) is 36.1 Å². The van der Waals surface area contributed by atoms with Crippen molar-refractivity contribution in [3.05, 3.63) is 22.4 Å². The lowest BCUT2D eigenvalue weighted by Gasteiger charge is -2.47. The molecule has 1 aromatic heterocycles. The predicted octanol–water partition coefficient (Wildman–Crippen LogP) is 3.49. The molecule has 0 saturated carbocycles. The number of hydrogen-bond acceptors (Lipinski definition) is 3. The summed E-state index contributed by atoms with van der Waals surface area (Å²) in [5, 5.41) is 5.90. The van der Waals surface area contributed by atoms with Crippen LogP contribution in [0.15, 0.2) is 17.5 Å². The smallest absolute Gasteiger partial charge is 0.0278 e. The molecule has 0 amide bonds. The molecule has 19 heavy (non-hydrogen) atoms. The topological polar surface area (TPSA) is 15.3 Å². The Hall–Kier alpha value is -0.380. The van der Waals surface area contributed by atoms with Gasteiger partial charge in [0.05, 0.1) is 0 Å². The second-order valence-corrected chi connectivity index (χ2v) is 7.86. The fraction of sp³-hybridized carbons (Fsp3) is 0.750. The lowest BCUT2D eigenvalue weighted by atomic mass is 9.87. The van der Waals surface area contributed by atoms with Crippen LogP contribution in [-0.2, 0) is 5.41 Å². The van der Waals surface area contributed by atoms with Gasteiger partial charge >= 0.3 is 0 Å². The Morgan fingerprint density at radius 1 is 1.53 bits per heavy atom. The summed E-state index contributed by atoms with van der Waals surface area (Å²) in [5.41, 5.74) is 0.520. The number of rotatable bonds is 4. The zero-order chi connectivity index (χ0) is 14.1. The first-order valence-electron chi connectivity index (χ1n) is 7.39. The number of hydrogen-bond donors (Lipinski definition) is 1. The maximum atomic E-state index is 3.71. The number of nitrogens with one attached hydrogen (secondary N) is 1. The molecule has 0 aliphatic carbocycles. The van der Waals surface area contributed by atoms with E-state index in [0.717, 1.165) is 19.6 Å². The summed E-state index contributed by atoms with van der Waals surface area (Å²) < 4.78 is 0. The minimum atomic E-state index is 0.244. The van der Waals surface area contributed by atoms with Crippen molar-refractivity contribution in [3.8, 4) is 0 Å².